The largest absolute Gasteiger partial charge is 0.364 e. The molecule has 0 radical (unpaired) electrons. The van der Waals surface area contributed by atoms with Crippen LogP contribution in [0.2, 0.25) is 0 Å². The van der Waals surface area contributed by atoms with Crippen LogP contribution in [0.25, 0.3) is 0 Å². The molecule has 3 rings (SSSR count). The Kier molecular flexibility index (Phi) is 5.61. The van der Waals surface area contributed by atoms with Crippen molar-refractivity contribution < 1.29 is 14.0 Å². The number of carbonyl (C=O) groups excluding carboxylic acids is 2. The molecule has 1 aromatic heterocycles. The number of anilines is 1. The van der Waals surface area contributed by atoms with E-state index in [1.807, 2.05) is 30.3 Å². The minimum atomic E-state index is -0.679. The van der Waals surface area contributed by atoms with Gasteiger partial charge in [0.15, 0.2) is 11.5 Å². The maximum absolute atomic E-state index is 13.0. The van der Waals surface area contributed by atoms with E-state index >= 15 is 0 Å². The monoisotopic (exact) mass is 366 g/mol. The number of rotatable bonds is 7. The Hall–Kier alpha value is -3.48. The van der Waals surface area contributed by atoms with Gasteiger partial charge < -0.3 is 15.6 Å². The number of carbonyl (C=O) groups is 2. The molecule has 0 aliphatic carbocycles. The number of primary amides is 1. The summed E-state index contributed by atoms with van der Waals surface area (Å²) in [7, 11) is 0. The van der Waals surface area contributed by atoms with Crippen LogP contribution in [0.1, 0.15) is 32.8 Å². The van der Waals surface area contributed by atoms with E-state index in [-0.39, 0.29) is 17.1 Å². The SMILES string of the molecule is NC(=O)c1c(NC(=O)c2ccc(F)cc2)ncn1CCCc1ccccc1. The molecule has 27 heavy (non-hydrogen) atoms. The molecule has 0 saturated heterocycles. The zero-order valence-corrected chi connectivity index (χ0v) is 14.6. The molecule has 0 bridgehead atoms. The standard InChI is InChI=1S/C20H19FN4O2/c21-16-10-8-15(9-11-16)20(27)24-19-17(18(22)26)25(13-23-19)12-4-7-14-5-2-1-3-6-14/h1-3,5-6,8-11,13H,4,7,12H2,(H2,22,26)(H,24,27). The number of nitrogens with zero attached hydrogens (tertiary/aromatic N) is 2. The smallest absolute Gasteiger partial charge is 0.269 e. The quantitative estimate of drug-likeness (QED) is 0.673. The first-order valence-electron chi connectivity index (χ1n) is 8.50. The van der Waals surface area contributed by atoms with Crippen molar-refractivity contribution in [1.29, 1.82) is 0 Å². The zero-order valence-electron chi connectivity index (χ0n) is 14.6. The van der Waals surface area contributed by atoms with Crippen molar-refractivity contribution in [3.63, 3.8) is 0 Å². The summed E-state index contributed by atoms with van der Waals surface area (Å²) in [6.07, 6.45) is 3.10. The first kappa shape index (κ1) is 18.3. The normalized spacial score (nSPS) is 10.6. The number of nitrogens with two attached hydrogens (primary N) is 1. The van der Waals surface area contributed by atoms with Crippen LogP contribution < -0.4 is 11.1 Å². The van der Waals surface area contributed by atoms with E-state index in [0.717, 1.165) is 12.8 Å². The Labute approximate surface area is 155 Å². The van der Waals surface area contributed by atoms with E-state index in [9.17, 15) is 14.0 Å². The fourth-order valence-corrected chi connectivity index (χ4v) is 2.78. The summed E-state index contributed by atoms with van der Waals surface area (Å²) in [5.74, 6) is -1.52. The molecule has 0 fully saturated rings. The fourth-order valence-electron chi connectivity index (χ4n) is 2.78. The molecular weight excluding hydrogens is 347 g/mol. The van der Waals surface area contributed by atoms with Gasteiger partial charge >= 0.3 is 0 Å². The van der Waals surface area contributed by atoms with Gasteiger partial charge in [0.05, 0.1) is 6.33 Å². The molecule has 3 N–H and O–H groups in total. The van der Waals surface area contributed by atoms with Crippen LogP contribution in [-0.2, 0) is 13.0 Å². The van der Waals surface area contributed by atoms with Gasteiger partial charge in [-0.05, 0) is 42.7 Å². The fraction of sp³-hybridized carbons (Fsp3) is 0.150. The predicted molar refractivity (Wildman–Crippen MR) is 99.9 cm³/mol. The first-order valence-corrected chi connectivity index (χ1v) is 8.50. The molecule has 6 nitrogen and oxygen atoms in total. The Balaban J connectivity index is 1.70. The Morgan fingerprint density at radius 3 is 2.44 bits per heavy atom. The van der Waals surface area contributed by atoms with E-state index in [1.165, 1.54) is 36.2 Å². The van der Waals surface area contributed by atoms with Crippen molar-refractivity contribution in [2.75, 3.05) is 5.32 Å². The van der Waals surface area contributed by atoms with Gasteiger partial charge in [0, 0.05) is 12.1 Å². The van der Waals surface area contributed by atoms with Crippen LogP contribution in [0.3, 0.4) is 0 Å². The van der Waals surface area contributed by atoms with Crippen molar-refractivity contribution >= 4 is 17.6 Å². The molecule has 3 aromatic rings. The van der Waals surface area contributed by atoms with E-state index in [4.69, 9.17) is 5.73 Å². The number of hydrogen-bond acceptors (Lipinski definition) is 3. The van der Waals surface area contributed by atoms with E-state index < -0.39 is 17.6 Å². The Morgan fingerprint density at radius 1 is 1.07 bits per heavy atom. The average molecular weight is 366 g/mol. The van der Waals surface area contributed by atoms with Gasteiger partial charge in [-0.1, -0.05) is 30.3 Å². The third kappa shape index (κ3) is 4.58. The molecule has 0 saturated carbocycles. The number of benzene rings is 2. The van der Waals surface area contributed by atoms with E-state index in [2.05, 4.69) is 10.3 Å². The molecule has 7 heteroatoms. The van der Waals surface area contributed by atoms with E-state index in [1.54, 1.807) is 4.57 Å². The maximum atomic E-state index is 13.0. The van der Waals surface area contributed by atoms with Gasteiger partial charge in [0.25, 0.3) is 11.8 Å². The molecule has 0 spiro atoms. The molecule has 2 aromatic carbocycles. The van der Waals surface area contributed by atoms with Crippen molar-refractivity contribution in [3.05, 3.63) is 83.6 Å². The van der Waals surface area contributed by atoms with E-state index in [0.29, 0.717) is 6.54 Å². The second-order valence-electron chi connectivity index (χ2n) is 6.05. The van der Waals surface area contributed by atoms with Crippen molar-refractivity contribution in [2.45, 2.75) is 19.4 Å². The third-order valence-electron chi connectivity index (χ3n) is 4.12. The van der Waals surface area contributed by atoms with Crippen molar-refractivity contribution in [1.82, 2.24) is 9.55 Å². The lowest BCUT2D eigenvalue weighted by molar-refractivity contribution is 0.0992. The average Bonchev–Trinajstić information content (AvgIpc) is 3.06. The molecule has 0 unspecified atom stereocenters. The zero-order chi connectivity index (χ0) is 19.2. The van der Waals surface area contributed by atoms with Gasteiger partial charge in [0.1, 0.15) is 5.82 Å². The lowest BCUT2D eigenvalue weighted by Gasteiger charge is -2.08. The van der Waals surface area contributed by atoms with Gasteiger partial charge in [-0.3, -0.25) is 9.59 Å². The van der Waals surface area contributed by atoms with Crippen LogP contribution in [0.5, 0.6) is 0 Å². The highest BCUT2D eigenvalue weighted by Gasteiger charge is 2.18. The molecule has 138 valence electrons. The van der Waals surface area contributed by atoms with Crippen LogP contribution >= 0.6 is 0 Å². The summed E-state index contributed by atoms with van der Waals surface area (Å²) >= 11 is 0. The second kappa shape index (κ2) is 8.27. The highest BCUT2D eigenvalue weighted by Crippen LogP contribution is 2.16. The molecule has 0 atom stereocenters. The van der Waals surface area contributed by atoms with Gasteiger partial charge in [0.2, 0.25) is 0 Å². The number of imidazole rings is 1. The molecule has 0 aliphatic rings. The highest BCUT2D eigenvalue weighted by molar-refractivity contribution is 6.07. The number of hydrogen-bond donors (Lipinski definition) is 2. The van der Waals surface area contributed by atoms with Crippen molar-refractivity contribution in [3.8, 4) is 0 Å². The molecule has 0 aliphatic heterocycles. The summed E-state index contributed by atoms with van der Waals surface area (Å²) in [4.78, 5) is 28.2. The number of amides is 2. The second-order valence-corrected chi connectivity index (χ2v) is 6.05. The summed E-state index contributed by atoms with van der Waals surface area (Å²) in [6.45, 7) is 0.534. The predicted octanol–water partition coefficient (Wildman–Crippen LogP) is 3.01. The van der Waals surface area contributed by atoms with Crippen LogP contribution in [0.15, 0.2) is 60.9 Å². The maximum Gasteiger partial charge on any atom is 0.269 e. The number of halogens is 1. The summed E-state index contributed by atoms with van der Waals surface area (Å²) < 4.78 is 14.6. The van der Waals surface area contributed by atoms with Gasteiger partial charge in [-0.15, -0.1) is 0 Å². The minimum absolute atomic E-state index is 0.0940. The third-order valence-corrected chi connectivity index (χ3v) is 4.12. The van der Waals surface area contributed by atoms with Crippen LogP contribution in [-0.4, -0.2) is 21.4 Å². The lowest BCUT2D eigenvalue weighted by Crippen LogP contribution is -2.21. The first-order chi connectivity index (χ1) is 13.0. The summed E-state index contributed by atoms with van der Waals surface area (Å²) in [5, 5.41) is 2.56. The van der Waals surface area contributed by atoms with Crippen molar-refractivity contribution in [2.24, 2.45) is 5.73 Å². The Morgan fingerprint density at radius 2 is 1.78 bits per heavy atom. The topological polar surface area (TPSA) is 90.0 Å². The summed E-state index contributed by atoms with van der Waals surface area (Å²) in [6, 6.07) is 15.1. The molecule has 2 amide bonds. The minimum Gasteiger partial charge on any atom is -0.364 e. The van der Waals surface area contributed by atoms with Crippen LogP contribution in [0.4, 0.5) is 10.2 Å². The van der Waals surface area contributed by atoms with Gasteiger partial charge in [-0.25, -0.2) is 9.37 Å². The van der Waals surface area contributed by atoms with Gasteiger partial charge in [-0.2, -0.15) is 0 Å². The summed E-state index contributed by atoms with van der Waals surface area (Å²) in [5.41, 5.74) is 7.07. The molecule has 1 heterocycles. The highest BCUT2D eigenvalue weighted by atomic mass is 19.1. The molecular formula is C20H19FN4O2. The van der Waals surface area contributed by atoms with Crippen LogP contribution in [0, 0.1) is 5.82 Å². The Bertz CT molecular complexity index is 936. The number of nitrogens with one attached hydrogen (secondary N) is 1. The number of aromatic nitrogens is 2. The lowest BCUT2D eigenvalue weighted by atomic mass is 10.1. The number of aryl methyl sites for hydroxylation is 2.